The van der Waals surface area contributed by atoms with Gasteiger partial charge >= 0.3 is 0 Å². The molecule has 2 rings (SSSR count). The van der Waals surface area contributed by atoms with E-state index in [0.29, 0.717) is 5.76 Å². The average molecular weight is 227 g/mol. The van der Waals surface area contributed by atoms with E-state index < -0.39 is 0 Å². The zero-order valence-corrected chi connectivity index (χ0v) is 10.3. The highest BCUT2D eigenvalue weighted by Crippen LogP contribution is 2.19. The summed E-state index contributed by atoms with van der Waals surface area (Å²) in [6.07, 6.45) is 1.97. The molecule has 0 aliphatic rings. The van der Waals surface area contributed by atoms with Crippen molar-refractivity contribution in [3.05, 3.63) is 35.6 Å². The molecule has 0 saturated carbocycles. The third-order valence-electron chi connectivity index (χ3n) is 2.65. The second kappa shape index (κ2) is 5.07. The van der Waals surface area contributed by atoms with Crippen molar-refractivity contribution in [1.29, 1.82) is 0 Å². The van der Waals surface area contributed by atoms with Gasteiger partial charge in [0.1, 0.15) is 5.58 Å². The highest BCUT2D eigenvalue weighted by Gasteiger charge is 2.01. The number of hydrogen-bond donors (Lipinski definition) is 1. The molecule has 0 aliphatic carbocycles. The van der Waals surface area contributed by atoms with Crippen molar-refractivity contribution in [2.24, 2.45) is 5.73 Å². The maximum Gasteiger partial charge on any atom is 0.178 e. The van der Waals surface area contributed by atoms with Crippen LogP contribution in [0.1, 0.15) is 31.1 Å². The average Bonchev–Trinajstić information content (AvgIpc) is 2.68. The fourth-order valence-corrected chi connectivity index (χ4v) is 1.77. The Labute approximate surface area is 102 Å². The highest BCUT2D eigenvalue weighted by molar-refractivity contribution is 5.79. The molecule has 0 fully saturated rings. The lowest BCUT2D eigenvalue weighted by molar-refractivity contribution is 0.600. The van der Waals surface area contributed by atoms with Crippen LogP contribution in [0.25, 0.3) is 11.0 Å². The quantitative estimate of drug-likeness (QED) is 0.800. The highest BCUT2D eigenvalue weighted by atomic mass is 16.3. The van der Waals surface area contributed by atoms with Crippen LogP contribution >= 0.6 is 0 Å². The molecule has 1 aromatic carbocycles. The zero-order chi connectivity index (χ0) is 12.3. The smallest absolute Gasteiger partial charge is 0.178 e. The Kier molecular flexibility index (Phi) is 3.51. The lowest BCUT2D eigenvalue weighted by Gasteiger charge is -1.97. The van der Waals surface area contributed by atoms with Gasteiger partial charge in [-0.05, 0) is 31.4 Å². The predicted octanol–water partition coefficient (Wildman–Crippen LogP) is 3.22. The molecule has 88 valence electrons. The minimum absolute atomic E-state index is 0.0602. The summed E-state index contributed by atoms with van der Waals surface area (Å²) in [5.74, 6) is 6.70. The third-order valence-corrected chi connectivity index (χ3v) is 2.65. The van der Waals surface area contributed by atoms with Crippen LogP contribution in [0.3, 0.4) is 0 Å². The molecule has 1 heterocycles. The normalized spacial score (nSPS) is 12.2. The maximum absolute atomic E-state index is 5.84. The first-order chi connectivity index (χ1) is 8.19. The van der Waals surface area contributed by atoms with E-state index in [0.717, 1.165) is 23.8 Å². The van der Waals surface area contributed by atoms with Gasteiger partial charge in [0.15, 0.2) is 5.76 Å². The molecule has 1 atom stereocenters. The van der Waals surface area contributed by atoms with Gasteiger partial charge in [-0.25, -0.2) is 0 Å². The topological polar surface area (TPSA) is 39.2 Å². The predicted molar refractivity (Wildman–Crippen MR) is 70.7 cm³/mol. The molecule has 0 saturated heterocycles. The minimum atomic E-state index is -0.0602. The van der Waals surface area contributed by atoms with Crippen LogP contribution in [0, 0.1) is 18.8 Å². The van der Waals surface area contributed by atoms with Gasteiger partial charge in [0.05, 0.1) is 6.04 Å². The molecule has 1 aromatic heterocycles. The fraction of sp³-hybridized carbons (Fsp3) is 0.333. The molecule has 17 heavy (non-hydrogen) atoms. The van der Waals surface area contributed by atoms with Crippen LogP contribution in [0.4, 0.5) is 0 Å². The molecule has 2 N–H and O–H groups in total. The molecule has 0 aliphatic heterocycles. The number of hydrogen-bond acceptors (Lipinski definition) is 2. The Morgan fingerprint density at radius 2 is 2.18 bits per heavy atom. The van der Waals surface area contributed by atoms with Crippen molar-refractivity contribution < 1.29 is 4.42 Å². The Morgan fingerprint density at radius 1 is 1.35 bits per heavy atom. The van der Waals surface area contributed by atoms with Crippen LogP contribution in [0.15, 0.2) is 28.7 Å². The second-order valence-corrected chi connectivity index (χ2v) is 4.32. The van der Waals surface area contributed by atoms with E-state index in [-0.39, 0.29) is 6.04 Å². The van der Waals surface area contributed by atoms with Gasteiger partial charge in [0.25, 0.3) is 0 Å². The van der Waals surface area contributed by atoms with Gasteiger partial charge < -0.3 is 10.2 Å². The van der Waals surface area contributed by atoms with Gasteiger partial charge in [0, 0.05) is 11.5 Å². The zero-order valence-electron chi connectivity index (χ0n) is 10.3. The van der Waals surface area contributed by atoms with E-state index in [1.165, 1.54) is 5.56 Å². The van der Waals surface area contributed by atoms with Crippen LogP contribution in [0.2, 0.25) is 0 Å². The number of benzene rings is 1. The summed E-state index contributed by atoms with van der Waals surface area (Å²) in [6, 6.07) is 8.01. The molecule has 0 radical (unpaired) electrons. The first-order valence-electron chi connectivity index (χ1n) is 5.96. The Morgan fingerprint density at radius 3 is 2.94 bits per heavy atom. The lowest BCUT2D eigenvalue weighted by atomic mass is 10.2. The van der Waals surface area contributed by atoms with E-state index in [9.17, 15) is 0 Å². The molecule has 2 heteroatoms. The summed E-state index contributed by atoms with van der Waals surface area (Å²) < 4.78 is 5.62. The molecule has 1 unspecified atom stereocenters. The van der Waals surface area contributed by atoms with Crippen molar-refractivity contribution in [3.63, 3.8) is 0 Å². The number of rotatable bonds is 2. The van der Waals surface area contributed by atoms with Crippen LogP contribution in [-0.2, 0) is 0 Å². The number of nitrogens with two attached hydrogens (primary N) is 1. The molecular formula is C15H17NO. The van der Waals surface area contributed by atoms with E-state index in [1.54, 1.807) is 0 Å². The first kappa shape index (κ1) is 11.8. The van der Waals surface area contributed by atoms with Crippen molar-refractivity contribution in [3.8, 4) is 11.8 Å². The molecule has 0 amide bonds. The summed E-state index contributed by atoms with van der Waals surface area (Å²) in [7, 11) is 0. The van der Waals surface area contributed by atoms with E-state index in [2.05, 4.69) is 31.8 Å². The first-order valence-corrected chi connectivity index (χ1v) is 5.96. The molecule has 0 bridgehead atoms. The summed E-state index contributed by atoms with van der Waals surface area (Å²) in [5, 5.41) is 1.10. The Bertz CT molecular complexity index is 571. The van der Waals surface area contributed by atoms with Gasteiger partial charge in [-0.15, -0.1) is 0 Å². The Hall–Kier alpha value is -1.72. The monoisotopic (exact) mass is 227 g/mol. The number of furan rings is 1. The largest absolute Gasteiger partial charge is 0.448 e. The minimum Gasteiger partial charge on any atom is -0.448 e. The second-order valence-electron chi connectivity index (χ2n) is 4.32. The van der Waals surface area contributed by atoms with Crippen LogP contribution in [-0.4, -0.2) is 6.04 Å². The summed E-state index contributed by atoms with van der Waals surface area (Å²) in [4.78, 5) is 0. The van der Waals surface area contributed by atoms with Crippen LogP contribution in [0.5, 0.6) is 0 Å². The van der Waals surface area contributed by atoms with Gasteiger partial charge in [-0.2, -0.15) is 0 Å². The summed E-state index contributed by atoms with van der Waals surface area (Å²) in [5.41, 5.74) is 7.94. The van der Waals surface area contributed by atoms with E-state index in [4.69, 9.17) is 10.2 Å². The summed E-state index contributed by atoms with van der Waals surface area (Å²) >= 11 is 0. The van der Waals surface area contributed by atoms with Gasteiger partial charge in [-0.1, -0.05) is 30.9 Å². The molecular weight excluding hydrogens is 210 g/mol. The van der Waals surface area contributed by atoms with Gasteiger partial charge in [0.2, 0.25) is 0 Å². The molecule has 2 nitrogen and oxygen atoms in total. The molecule has 0 spiro atoms. The summed E-state index contributed by atoms with van der Waals surface area (Å²) in [6.45, 7) is 4.17. The van der Waals surface area contributed by atoms with Gasteiger partial charge in [-0.3, -0.25) is 0 Å². The van der Waals surface area contributed by atoms with Crippen molar-refractivity contribution in [2.75, 3.05) is 0 Å². The SMILES string of the molecule is CCCC(N)C#Cc1cc2cc(C)ccc2o1. The lowest BCUT2D eigenvalue weighted by Crippen LogP contribution is -2.16. The number of fused-ring (bicyclic) bond motifs is 1. The maximum atomic E-state index is 5.84. The third kappa shape index (κ3) is 2.89. The van der Waals surface area contributed by atoms with Crippen molar-refractivity contribution in [1.82, 2.24) is 0 Å². The Balaban J connectivity index is 2.25. The number of aryl methyl sites for hydroxylation is 1. The fourth-order valence-electron chi connectivity index (χ4n) is 1.77. The standard InChI is InChI=1S/C15H17NO/c1-3-4-13(16)6-7-14-10-12-9-11(2)5-8-15(12)17-14/h5,8-10,13H,3-4,16H2,1-2H3. The van der Waals surface area contributed by atoms with E-state index in [1.807, 2.05) is 18.2 Å². The van der Waals surface area contributed by atoms with Crippen LogP contribution < -0.4 is 5.73 Å². The van der Waals surface area contributed by atoms with Crippen molar-refractivity contribution in [2.45, 2.75) is 32.7 Å². The van der Waals surface area contributed by atoms with Crippen molar-refractivity contribution >= 4 is 11.0 Å². The van der Waals surface area contributed by atoms with E-state index >= 15 is 0 Å². The molecule has 2 aromatic rings.